The third-order valence-electron chi connectivity index (χ3n) is 10.0. The van der Waals surface area contributed by atoms with Gasteiger partial charge in [-0.2, -0.15) is 0 Å². The molecular weight excluding hydrogens is 436 g/mol. The third kappa shape index (κ3) is 3.30. The van der Waals surface area contributed by atoms with Crippen molar-refractivity contribution < 1.29 is 34.8 Å². The molecule has 0 aromatic heterocycles. The zero-order chi connectivity index (χ0) is 25.3. The van der Waals surface area contributed by atoms with Crippen molar-refractivity contribution in [1.82, 2.24) is 0 Å². The maximum Gasteiger partial charge on any atom is 0.330 e. The van der Waals surface area contributed by atoms with E-state index in [2.05, 4.69) is 0 Å². The number of ketones is 1. The molecule has 7 heteroatoms. The molecule has 7 nitrogen and oxygen atoms in total. The van der Waals surface area contributed by atoms with Crippen LogP contribution in [0.15, 0.2) is 23.3 Å². The van der Waals surface area contributed by atoms with Crippen LogP contribution in [0.3, 0.4) is 0 Å². The minimum absolute atomic E-state index is 0.0147. The van der Waals surface area contributed by atoms with E-state index in [-0.39, 0.29) is 37.5 Å². The largest absolute Gasteiger partial charge is 0.458 e. The quantitative estimate of drug-likeness (QED) is 0.279. The third-order valence-corrected chi connectivity index (χ3v) is 10.0. The van der Waals surface area contributed by atoms with Gasteiger partial charge >= 0.3 is 5.97 Å². The van der Waals surface area contributed by atoms with Crippen LogP contribution >= 0.6 is 0 Å². The van der Waals surface area contributed by atoms with Crippen molar-refractivity contribution in [3.63, 3.8) is 0 Å². The topological polar surface area (TPSA) is 124 Å². The van der Waals surface area contributed by atoms with E-state index in [1.807, 2.05) is 26.8 Å². The molecule has 0 aromatic rings. The Bertz CT molecular complexity index is 937. The number of Topliss-reactive ketones (excluding diaryl/α,β-unsaturated/α-hetero) is 1. The van der Waals surface area contributed by atoms with Crippen LogP contribution in [0.5, 0.6) is 0 Å². The summed E-state index contributed by atoms with van der Waals surface area (Å²) in [7, 11) is 0. The van der Waals surface area contributed by atoms with Crippen LogP contribution in [0.25, 0.3) is 0 Å². The minimum Gasteiger partial charge on any atom is -0.458 e. The molecule has 0 amide bonds. The molecule has 0 aromatic carbocycles. The fourth-order valence-electron chi connectivity index (χ4n) is 7.51. The molecule has 4 aliphatic carbocycles. The van der Waals surface area contributed by atoms with Gasteiger partial charge in [0.1, 0.15) is 22.9 Å². The van der Waals surface area contributed by atoms with Crippen molar-refractivity contribution in [2.45, 2.75) is 109 Å². The second kappa shape index (κ2) is 8.26. The van der Waals surface area contributed by atoms with Crippen LogP contribution in [0.2, 0.25) is 0 Å². The van der Waals surface area contributed by atoms with Gasteiger partial charge < -0.3 is 25.2 Å². The zero-order valence-corrected chi connectivity index (χ0v) is 21.0. The van der Waals surface area contributed by atoms with E-state index in [1.165, 1.54) is 13.0 Å². The highest BCUT2D eigenvalue weighted by molar-refractivity contribution is 5.87. The van der Waals surface area contributed by atoms with Gasteiger partial charge in [-0.15, -0.1) is 0 Å². The van der Waals surface area contributed by atoms with Crippen molar-refractivity contribution >= 4 is 11.8 Å². The van der Waals surface area contributed by atoms with Gasteiger partial charge in [-0.25, -0.2) is 4.79 Å². The molecule has 8 atom stereocenters. The molecular formula is C27H40O7. The lowest BCUT2D eigenvalue weighted by atomic mass is 9.45. The van der Waals surface area contributed by atoms with Crippen LogP contribution in [-0.2, 0) is 14.3 Å². The van der Waals surface area contributed by atoms with Gasteiger partial charge in [-0.3, -0.25) is 4.79 Å². The molecule has 0 unspecified atom stereocenters. The van der Waals surface area contributed by atoms with Crippen molar-refractivity contribution in [3.8, 4) is 0 Å². The maximum atomic E-state index is 13.0. The lowest BCUT2D eigenvalue weighted by Gasteiger charge is -2.64. The summed E-state index contributed by atoms with van der Waals surface area (Å²) in [6.07, 6.45) is 4.18. The maximum absolute atomic E-state index is 13.0. The van der Waals surface area contributed by atoms with E-state index in [0.29, 0.717) is 19.3 Å². The Morgan fingerprint density at radius 3 is 2.44 bits per heavy atom. The number of ether oxygens (including phenoxy) is 1. The summed E-state index contributed by atoms with van der Waals surface area (Å²) < 4.78 is 5.97. The number of aliphatic hydroxyl groups excluding tert-OH is 1. The molecule has 4 aliphatic rings. The van der Waals surface area contributed by atoms with E-state index in [9.17, 15) is 30.0 Å². The van der Waals surface area contributed by atoms with E-state index in [1.54, 1.807) is 6.92 Å². The number of hydrogen-bond donors (Lipinski definition) is 4. The number of rotatable bonds is 4. The Labute approximate surface area is 201 Å². The van der Waals surface area contributed by atoms with Crippen LogP contribution in [-0.4, -0.2) is 61.2 Å². The number of fused-ring (bicyclic) bond motifs is 5. The molecule has 0 bridgehead atoms. The number of allylic oxidation sites excluding steroid dienone is 1. The predicted octanol–water partition coefficient (Wildman–Crippen LogP) is 2.59. The lowest BCUT2D eigenvalue weighted by Crippen LogP contribution is -2.77. The molecule has 3 saturated carbocycles. The Kier molecular flexibility index (Phi) is 6.20. The molecule has 0 radical (unpaired) electrons. The molecule has 0 spiro atoms. The van der Waals surface area contributed by atoms with Crippen molar-refractivity contribution in [3.05, 3.63) is 23.3 Å². The highest BCUT2D eigenvalue weighted by Gasteiger charge is 2.80. The summed E-state index contributed by atoms with van der Waals surface area (Å²) in [6.45, 7) is 8.67. The number of aliphatic hydroxyl groups is 4. The van der Waals surface area contributed by atoms with Gasteiger partial charge in [0.15, 0.2) is 5.78 Å². The van der Waals surface area contributed by atoms with Crippen molar-refractivity contribution in [2.75, 3.05) is 0 Å². The Hall–Kier alpha value is -1.54. The second-order valence-corrected chi connectivity index (χ2v) is 11.7. The summed E-state index contributed by atoms with van der Waals surface area (Å²) in [5.74, 6) is -1.41. The average Bonchev–Trinajstić information content (AvgIpc) is 2.99. The summed E-state index contributed by atoms with van der Waals surface area (Å²) in [4.78, 5) is 25.7. The summed E-state index contributed by atoms with van der Waals surface area (Å²) in [5.41, 5.74) is -5.01. The first-order valence-corrected chi connectivity index (χ1v) is 12.6. The van der Waals surface area contributed by atoms with Gasteiger partial charge in [0.2, 0.25) is 0 Å². The van der Waals surface area contributed by atoms with Crippen LogP contribution in [0.1, 0.15) is 79.6 Å². The highest BCUT2D eigenvalue weighted by Crippen LogP contribution is 2.68. The van der Waals surface area contributed by atoms with Crippen molar-refractivity contribution in [1.29, 1.82) is 0 Å². The van der Waals surface area contributed by atoms with E-state index in [0.717, 1.165) is 11.1 Å². The molecule has 190 valence electrons. The molecule has 34 heavy (non-hydrogen) atoms. The SMILES string of the molecule is CC(=O)[C@]1(O)CC[C@@]2(O)[C@]1(C)[C@H](OC(=O)/C=C(\C)C(C)C)C[C@@H]1[C@@H]3CC[C@H](O)CC3=CC[C@]12O. The molecule has 0 saturated heterocycles. The minimum atomic E-state index is -1.93. The Morgan fingerprint density at radius 2 is 1.82 bits per heavy atom. The van der Waals surface area contributed by atoms with Crippen molar-refractivity contribution in [2.24, 2.45) is 23.2 Å². The average molecular weight is 477 g/mol. The normalized spacial score (nSPS) is 46.3. The number of carbonyl (C=O) groups excluding carboxylic acids is 2. The fourth-order valence-corrected chi connectivity index (χ4v) is 7.51. The predicted molar refractivity (Wildman–Crippen MR) is 126 cm³/mol. The number of carbonyl (C=O) groups is 2. The van der Waals surface area contributed by atoms with Crippen LogP contribution < -0.4 is 0 Å². The number of esters is 1. The fraction of sp³-hybridized carbons (Fsp3) is 0.778. The molecule has 3 fully saturated rings. The van der Waals surface area contributed by atoms with Gasteiger partial charge in [0.05, 0.1) is 11.5 Å². The van der Waals surface area contributed by atoms with Crippen LogP contribution in [0, 0.1) is 23.2 Å². The zero-order valence-electron chi connectivity index (χ0n) is 21.0. The second-order valence-electron chi connectivity index (χ2n) is 11.7. The monoisotopic (exact) mass is 476 g/mol. The highest BCUT2D eigenvalue weighted by atomic mass is 16.5. The first kappa shape index (κ1) is 25.5. The van der Waals surface area contributed by atoms with Gasteiger partial charge in [-0.05, 0) is 77.6 Å². The van der Waals surface area contributed by atoms with Gasteiger partial charge in [0, 0.05) is 12.0 Å². The first-order chi connectivity index (χ1) is 15.7. The van der Waals surface area contributed by atoms with Crippen LogP contribution in [0.4, 0.5) is 0 Å². The molecule has 4 rings (SSSR count). The lowest BCUT2D eigenvalue weighted by molar-refractivity contribution is -0.307. The summed E-state index contributed by atoms with van der Waals surface area (Å²) >= 11 is 0. The standard InChI is InChI=1S/C27H40O7/c1-15(2)16(3)12-23(30)34-22-14-21-20-7-6-19(29)13-18(20)8-9-26(21,32)27(33)11-10-25(31,17(4)28)24(22,27)5/h8,12,15,19-22,29,31-33H,6-7,9-11,13-14H2,1-5H3/b16-12+/t19-,20+,21+,22+,24+,25+,26-,27+/m0/s1. The molecule has 0 heterocycles. The Balaban J connectivity index is 1.81. The molecule has 0 aliphatic heterocycles. The first-order valence-electron chi connectivity index (χ1n) is 12.6. The number of hydrogen-bond acceptors (Lipinski definition) is 7. The molecule has 4 N–H and O–H groups in total. The van der Waals surface area contributed by atoms with E-state index >= 15 is 0 Å². The van der Waals surface area contributed by atoms with Gasteiger partial charge in [-0.1, -0.05) is 31.1 Å². The van der Waals surface area contributed by atoms with Gasteiger partial charge in [0.25, 0.3) is 0 Å². The van der Waals surface area contributed by atoms with E-state index < -0.39 is 52.1 Å². The summed E-state index contributed by atoms with van der Waals surface area (Å²) in [6, 6.07) is 0. The summed E-state index contributed by atoms with van der Waals surface area (Å²) in [5, 5.41) is 46.2. The Morgan fingerprint density at radius 1 is 1.15 bits per heavy atom. The smallest absolute Gasteiger partial charge is 0.330 e. The van der Waals surface area contributed by atoms with E-state index in [4.69, 9.17) is 4.74 Å².